The van der Waals surface area contributed by atoms with Crippen molar-refractivity contribution in [2.45, 2.75) is 25.9 Å². The number of β-lactam (4-membered cyclic amide) rings is 1. The molecule has 4 heteroatoms. The topological polar surface area (TPSA) is 46.6 Å². The largest absolute Gasteiger partial charge is 0.463 e. The summed E-state index contributed by atoms with van der Waals surface area (Å²) in [6.45, 7) is 2.56. The molecule has 0 unspecified atom stereocenters. The molecule has 1 saturated heterocycles. The van der Waals surface area contributed by atoms with Crippen molar-refractivity contribution in [1.82, 2.24) is 4.90 Å². The Kier molecular flexibility index (Phi) is 6.81. The molecule has 1 fully saturated rings. The Labute approximate surface area is 189 Å². The van der Waals surface area contributed by atoms with Gasteiger partial charge in [-0.25, -0.2) is 4.79 Å². The molecule has 1 heterocycles. The van der Waals surface area contributed by atoms with E-state index in [0.717, 1.165) is 16.7 Å². The summed E-state index contributed by atoms with van der Waals surface area (Å²) in [5.74, 6) is -1.01. The lowest BCUT2D eigenvalue weighted by atomic mass is 9.76. The van der Waals surface area contributed by atoms with Crippen LogP contribution >= 0.6 is 0 Å². The second-order valence-electron chi connectivity index (χ2n) is 7.85. The number of carbonyl (C=O) groups is 2. The number of hydrogen-bond donors (Lipinski definition) is 0. The summed E-state index contributed by atoms with van der Waals surface area (Å²) in [4.78, 5) is 28.2. The fourth-order valence-corrected chi connectivity index (χ4v) is 4.22. The number of esters is 1. The minimum absolute atomic E-state index is 0.0462. The van der Waals surface area contributed by atoms with Crippen molar-refractivity contribution in [2.75, 3.05) is 6.61 Å². The van der Waals surface area contributed by atoms with Gasteiger partial charge >= 0.3 is 5.97 Å². The number of likely N-dealkylation sites (tertiary alicyclic amines) is 1. The Morgan fingerprint density at radius 1 is 0.875 bits per heavy atom. The van der Waals surface area contributed by atoms with Crippen LogP contribution < -0.4 is 0 Å². The molecule has 162 valence electrons. The first-order valence-electron chi connectivity index (χ1n) is 11.0. The lowest BCUT2D eigenvalue weighted by Crippen LogP contribution is -2.55. The molecule has 0 N–H and O–H groups in total. The second-order valence-corrected chi connectivity index (χ2v) is 7.85. The summed E-state index contributed by atoms with van der Waals surface area (Å²) in [5, 5.41) is 0. The number of hydrogen-bond acceptors (Lipinski definition) is 3. The van der Waals surface area contributed by atoms with E-state index in [2.05, 4.69) is 0 Å². The van der Waals surface area contributed by atoms with Gasteiger partial charge in [-0.3, -0.25) is 4.79 Å². The third kappa shape index (κ3) is 4.65. The Bertz CT molecular complexity index is 1080. The number of carbonyl (C=O) groups excluding carboxylic acids is 2. The fourth-order valence-electron chi connectivity index (χ4n) is 4.22. The zero-order valence-electron chi connectivity index (χ0n) is 18.2. The van der Waals surface area contributed by atoms with Crippen molar-refractivity contribution in [1.29, 1.82) is 0 Å². The summed E-state index contributed by atoms with van der Waals surface area (Å²) < 4.78 is 5.36. The van der Waals surface area contributed by atoms with E-state index in [1.54, 1.807) is 6.92 Å². The van der Waals surface area contributed by atoms with Crippen LogP contribution in [-0.2, 0) is 27.3 Å². The van der Waals surface area contributed by atoms with E-state index in [9.17, 15) is 9.59 Å². The Hall–Kier alpha value is -3.66. The smallest absolute Gasteiger partial charge is 0.334 e. The van der Waals surface area contributed by atoms with Crippen molar-refractivity contribution in [2.24, 2.45) is 5.92 Å². The van der Waals surface area contributed by atoms with Gasteiger partial charge in [-0.05, 0) is 30.0 Å². The predicted octanol–water partition coefficient (Wildman–Crippen LogP) is 5.12. The van der Waals surface area contributed by atoms with Gasteiger partial charge in [0.1, 0.15) is 0 Å². The molecule has 1 aliphatic heterocycles. The fraction of sp³-hybridized carbons (Fsp3) is 0.214. The third-order valence-electron chi connectivity index (χ3n) is 5.78. The summed E-state index contributed by atoms with van der Waals surface area (Å²) in [6.07, 6.45) is 2.44. The molecule has 4 nitrogen and oxygen atoms in total. The average molecular weight is 426 g/mol. The van der Waals surface area contributed by atoms with Gasteiger partial charge in [0.15, 0.2) is 0 Å². The summed E-state index contributed by atoms with van der Waals surface area (Å²) >= 11 is 0. The average Bonchev–Trinajstić information content (AvgIpc) is 2.84. The summed E-state index contributed by atoms with van der Waals surface area (Å²) in [7, 11) is 0. The van der Waals surface area contributed by atoms with Gasteiger partial charge in [-0.2, -0.15) is 0 Å². The Morgan fingerprint density at radius 2 is 1.44 bits per heavy atom. The van der Waals surface area contributed by atoms with Crippen molar-refractivity contribution < 1.29 is 14.3 Å². The number of rotatable bonds is 8. The number of amides is 1. The van der Waals surface area contributed by atoms with Gasteiger partial charge in [0, 0.05) is 12.1 Å². The van der Waals surface area contributed by atoms with Gasteiger partial charge in [-0.15, -0.1) is 0 Å². The van der Waals surface area contributed by atoms with Crippen molar-refractivity contribution >= 4 is 11.9 Å². The van der Waals surface area contributed by atoms with Crippen LogP contribution in [0, 0.1) is 5.92 Å². The van der Waals surface area contributed by atoms with Gasteiger partial charge in [0.05, 0.1) is 18.6 Å². The molecule has 0 aliphatic carbocycles. The predicted molar refractivity (Wildman–Crippen MR) is 125 cm³/mol. The summed E-state index contributed by atoms with van der Waals surface area (Å²) in [6, 6.07) is 29.6. The molecule has 0 spiro atoms. The maximum absolute atomic E-state index is 13.4. The molecule has 2 atom stereocenters. The highest BCUT2D eigenvalue weighted by molar-refractivity contribution is 6.01. The first-order valence-corrected chi connectivity index (χ1v) is 11.0. The van der Waals surface area contributed by atoms with Gasteiger partial charge in [0.2, 0.25) is 5.91 Å². The number of benzene rings is 3. The van der Waals surface area contributed by atoms with E-state index >= 15 is 0 Å². The lowest BCUT2D eigenvalue weighted by molar-refractivity contribution is -0.158. The normalized spacial score (nSPS) is 18.2. The molecule has 0 saturated carbocycles. The van der Waals surface area contributed by atoms with Gasteiger partial charge < -0.3 is 9.64 Å². The van der Waals surface area contributed by atoms with E-state index in [-0.39, 0.29) is 18.6 Å². The van der Waals surface area contributed by atoms with Gasteiger partial charge in [0.25, 0.3) is 0 Å². The molecular weight excluding hydrogens is 398 g/mol. The van der Waals surface area contributed by atoms with Gasteiger partial charge in [-0.1, -0.05) is 97.1 Å². The zero-order chi connectivity index (χ0) is 22.3. The van der Waals surface area contributed by atoms with Crippen molar-refractivity contribution in [3.8, 4) is 0 Å². The van der Waals surface area contributed by atoms with E-state index in [1.165, 1.54) is 0 Å². The van der Waals surface area contributed by atoms with Crippen LogP contribution in [0.3, 0.4) is 0 Å². The molecule has 1 amide bonds. The van der Waals surface area contributed by atoms with Crippen LogP contribution in [0.4, 0.5) is 0 Å². The molecule has 3 aromatic carbocycles. The molecule has 32 heavy (non-hydrogen) atoms. The van der Waals surface area contributed by atoms with Crippen LogP contribution in [0.1, 0.15) is 29.7 Å². The molecular formula is C28H27NO3. The highest BCUT2D eigenvalue weighted by atomic mass is 16.5. The maximum Gasteiger partial charge on any atom is 0.334 e. The Balaban J connectivity index is 1.68. The van der Waals surface area contributed by atoms with Crippen LogP contribution in [-0.4, -0.2) is 23.4 Å². The van der Waals surface area contributed by atoms with E-state index in [0.29, 0.717) is 18.5 Å². The van der Waals surface area contributed by atoms with Crippen LogP contribution in [0.5, 0.6) is 0 Å². The molecule has 3 aromatic rings. The van der Waals surface area contributed by atoms with Crippen LogP contribution in [0.2, 0.25) is 0 Å². The molecule has 4 rings (SSSR count). The Morgan fingerprint density at radius 3 is 2.03 bits per heavy atom. The highest BCUT2D eigenvalue weighted by Crippen LogP contribution is 2.45. The highest BCUT2D eigenvalue weighted by Gasteiger charge is 2.51. The standard InChI is InChI=1S/C28H27NO3/c1-2-32-28(31)24(19-18-21-12-6-3-7-13-21)25-26(23-16-10-5-11-17-23)29(27(25)30)20-22-14-8-4-9-15-22/h3-17,19,25-26H,2,18,20H2,1H3/b24-19+/t25-,26-/m1/s1. The zero-order valence-corrected chi connectivity index (χ0v) is 18.2. The molecule has 0 radical (unpaired) electrons. The van der Waals surface area contributed by atoms with Crippen molar-refractivity contribution in [3.05, 3.63) is 119 Å². The molecule has 0 aromatic heterocycles. The SMILES string of the molecule is CCOC(=O)/C(=C/Cc1ccccc1)[C@H]1C(=O)N(Cc2ccccc2)[C@@H]1c1ccccc1. The molecule has 0 bridgehead atoms. The van der Waals surface area contributed by atoms with E-state index in [4.69, 9.17) is 4.74 Å². The van der Waals surface area contributed by atoms with E-state index in [1.807, 2.05) is 102 Å². The van der Waals surface area contributed by atoms with Crippen molar-refractivity contribution in [3.63, 3.8) is 0 Å². The minimum Gasteiger partial charge on any atom is -0.463 e. The second kappa shape index (κ2) is 10.1. The maximum atomic E-state index is 13.4. The summed E-state index contributed by atoms with van der Waals surface area (Å²) in [5.41, 5.74) is 3.60. The number of nitrogens with zero attached hydrogens (tertiary/aromatic N) is 1. The molecule has 1 aliphatic rings. The first-order chi connectivity index (χ1) is 15.7. The lowest BCUT2D eigenvalue weighted by Gasteiger charge is -2.48. The monoisotopic (exact) mass is 425 g/mol. The quantitative estimate of drug-likeness (QED) is 0.286. The minimum atomic E-state index is -0.552. The number of allylic oxidation sites excluding steroid dienone is 1. The van der Waals surface area contributed by atoms with Crippen LogP contribution in [0.15, 0.2) is 103 Å². The number of ether oxygens (including phenoxy) is 1. The first kappa shape index (κ1) is 21.6. The van der Waals surface area contributed by atoms with E-state index < -0.39 is 11.9 Å². The van der Waals surface area contributed by atoms with Crippen LogP contribution in [0.25, 0.3) is 0 Å². The third-order valence-corrected chi connectivity index (χ3v) is 5.78.